The lowest BCUT2D eigenvalue weighted by molar-refractivity contribution is 0.353. The number of nitrogens with one attached hydrogen (secondary N) is 1. The van der Waals surface area contributed by atoms with Crippen molar-refractivity contribution in [1.82, 2.24) is 5.32 Å². The van der Waals surface area contributed by atoms with Gasteiger partial charge in [0.05, 0.1) is 0 Å². The van der Waals surface area contributed by atoms with Crippen molar-refractivity contribution in [2.45, 2.75) is 19.9 Å². The fraction of sp³-hybridized carbons (Fsp3) is 0.385. The maximum atomic E-state index is 13.1. The highest BCUT2D eigenvalue weighted by atomic mass is 35.5. The molecule has 0 unspecified atom stereocenters. The van der Waals surface area contributed by atoms with Gasteiger partial charge in [0.25, 0.3) is 0 Å². The van der Waals surface area contributed by atoms with E-state index < -0.39 is 0 Å². The molecule has 0 saturated heterocycles. The second-order valence-electron chi connectivity index (χ2n) is 3.73. The Morgan fingerprint density at radius 2 is 2.29 bits per heavy atom. The summed E-state index contributed by atoms with van der Waals surface area (Å²) in [6.07, 6.45) is 1.03. The van der Waals surface area contributed by atoms with Gasteiger partial charge >= 0.3 is 0 Å². The highest BCUT2D eigenvalue weighted by Crippen LogP contribution is 2.20. The smallest absolute Gasteiger partial charge is 0.124 e. The monoisotopic (exact) mass is 257 g/mol. The van der Waals surface area contributed by atoms with E-state index in [0.717, 1.165) is 18.5 Å². The summed E-state index contributed by atoms with van der Waals surface area (Å²) in [6.45, 7) is 7.32. The third-order valence-corrected chi connectivity index (χ3v) is 2.26. The molecule has 0 saturated carbocycles. The Hall–Kier alpha value is -1.06. The van der Waals surface area contributed by atoms with Crippen LogP contribution in [-0.2, 0) is 6.54 Å². The summed E-state index contributed by atoms with van der Waals surface area (Å²) in [4.78, 5) is 0. The molecule has 0 aromatic heterocycles. The lowest BCUT2D eigenvalue weighted by atomic mass is 10.2. The summed E-state index contributed by atoms with van der Waals surface area (Å²) < 4.78 is 18.6. The van der Waals surface area contributed by atoms with Crippen LogP contribution in [0.4, 0.5) is 4.39 Å². The molecule has 1 aromatic rings. The van der Waals surface area contributed by atoms with E-state index in [1.54, 1.807) is 6.07 Å². The van der Waals surface area contributed by atoms with Gasteiger partial charge in [0.2, 0.25) is 0 Å². The first-order chi connectivity index (χ1) is 8.13. The summed E-state index contributed by atoms with van der Waals surface area (Å²) >= 11 is 5.63. The normalized spacial score (nSPS) is 10.3. The van der Waals surface area contributed by atoms with Crippen LogP contribution in [0.2, 0.25) is 0 Å². The zero-order chi connectivity index (χ0) is 12.7. The Balaban J connectivity index is 2.69. The minimum Gasteiger partial charge on any atom is -0.488 e. The van der Waals surface area contributed by atoms with E-state index in [0.29, 0.717) is 17.3 Å². The molecule has 0 spiro atoms. The molecule has 94 valence electrons. The first-order valence-corrected chi connectivity index (χ1v) is 5.96. The van der Waals surface area contributed by atoms with E-state index in [1.165, 1.54) is 12.1 Å². The van der Waals surface area contributed by atoms with Crippen molar-refractivity contribution in [2.75, 3.05) is 13.2 Å². The molecule has 0 fully saturated rings. The fourth-order valence-corrected chi connectivity index (χ4v) is 1.44. The summed E-state index contributed by atoms with van der Waals surface area (Å²) in [7, 11) is 0. The summed E-state index contributed by atoms with van der Waals surface area (Å²) in [6, 6.07) is 4.45. The summed E-state index contributed by atoms with van der Waals surface area (Å²) in [5, 5.41) is 3.62. The van der Waals surface area contributed by atoms with Gasteiger partial charge in [-0.15, -0.1) is 0 Å². The van der Waals surface area contributed by atoms with Crippen molar-refractivity contribution in [3.8, 4) is 5.75 Å². The average Bonchev–Trinajstić information content (AvgIpc) is 2.28. The zero-order valence-corrected chi connectivity index (χ0v) is 10.7. The second-order valence-corrected chi connectivity index (χ2v) is 4.27. The maximum Gasteiger partial charge on any atom is 0.124 e. The molecule has 17 heavy (non-hydrogen) atoms. The maximum absolute atomic E-state index is 13.1. The number of rotatable bonds is 7. The van der Waals surface area contributed by atoms with Gasteiger partial charge in [-0.25, -0.2) is 4.39 Å². The third kappa shape index (κ3) is 5.20. The second kappa shape index (κ2) is 7.30. The molecule has 2 nitrogen and oxygen atoms in total. The van der Waals surface area contributed by atoms with Gasteiger partial charge in [-0.3, -0.25) is 0 Å². The van der Waals surface area contributed by atoms with Crippen LogP contribution in [0.1, 0.15) is 18.9 Å². The van der Waals surface area contributed by atoms with Crippen LogP contribution in [0.25, 0.3) is 0 Å². The third-order valence-electron chi connectivity index (χ3n) is 2.15. The number of ether oxygens (including phenoxy) is 1. The minimum absolute atomic E-state index is 0.230. The molecule has 4 heteroatoms. The molecule has 0 aliphatic rings. The predicted octanol–water partition coefficient (Wildman–Crippen LogP) is 3.46. The topological polar surface area (TPSA) is 21.3 Å². The van der Waals surface area contributed by atoms with E-state index in [4.69, 9.17) is 16.3 Å². The van der Waals surface area contributed by atoms with E-state index in [9.17, 15) is 4.39 Å². The first-order valence-electron chi connectivity index (χ1n) is 5.58. The van der Waals surface area contributed by atoms with Crippen LogP contribution >= 0.6 is 11.6 Å². The molecule has 0 radical (unpaired) electrons. The standard InChI is InChI=1S/C13H17ClFNO/c1-3-6-16-8-11-7-12(15)4-5-13(11)17-9-10(2)14/h4-5,7,16H,2-3,6,8-9H2,1H3. The Labute approximate surface area is 106 Å². The van der Waals surface area contributed by atoms with E-state index in [1.807, 2.05) is 0 Å². The molecule has 0 amide bonds. The van der Waals surface area contributed by atoms with Gasteiger partial charge in [-0.1, -0.05) is 25.1 Å². The van der Waals surface area contributed by atoms with Crippen LogP contribution in [0.15, 0.2) is 29.8 Å². The van der Waals surface area contributed by atoms with Crippen molar-refractivity contribution >= 4 is 11.6 Å². The van der Waals surface area contributed by atoms with Crippen LogP contribution in [-0.4, -0.2) is 13.2 Å². The number of halogens is 2. The first kappa shape index (κ1) is 14.0. The Morgan fingerprint density at radius 1 is 1.53 bits per heavy atom. The van der Waals surface area contributed by atoms with Crippen LogP contribution in [0.3, 0.4) is 0 Å². The fourth-order valence-electron chi connectivity index (χ4n) is 1.38. The Bertz CT molecular complexity index is 382. The Kier molecular flexibility index (Phi) is 6.01. The minimum atomic E-state index is -0.268. The number of hydrogen-bond acceptors (Lipinski definition) is 2. The van der Waals surface area contributed by atoms with Gasteiger partial charge in [-0.05, 0) is 31.2 Å². The van der Waals surface area contributed by atoms with Gasteiger partial charge < -0.3 is 10.1 Å². The van der Waals surface area contributed by atoms with Crippen LogP contribution < -0.4 is 10.1 Å². The quantitative estimate of drug-likeness (QED) is 0.756. The molecule has 1 aromatic carbocycles. The van der Waals surface area contributed by atoms with Crippen molar-refractivity contribution in [1.29, 1.82) is 0 Å². The van der Waals surface area contributed by atoms with E-state index >= 15 is 0 Å². The van der Waals surface area contributed by atoms with Crippen molar-refractivity contribution < 1.29 is 9.13 Å². The molecule has 0 bridgehead atoms. The summed E-state index contributed by atoms with van der Waals surface area (Å²) in [5.41, 5.74) is 0.788. The van der Waals surface area contributed by atoms with Gasteiger partial charge in [0.15, 0.2) is 0 Å². The molecule has 0 aliphatic heterocycles. The molecular weight excluding hydrogens is 241 g/mol. The van der Waals surface area contributed by atoms with Crippen molar-refractivity contribution in [3.05, 3.63) is 41.2 Å². The largest absolute Gasteiger partial charge is 0.488 e. The summed E-state index contributed by atoms with van der Waals surface area (Å²) in [5.74, 6) is 0.368. The lowest BCUT2D eigenvalue weighted by Crippen LogP contribution is -2.15. The van der Waals surface area contributed by atoms with E-state index in [2.05, 4.69) is 18.8 Å². The Morgan fingerprint density at radius 3 is 2.94 bits per heavy atom. The molecule has 1 N–H and O–H groups in total. The van der Waals surface area contributed by atoms with Gasteiger partial charge in [0.1, 0.15) is 18.2 Å². The zero-order valence-electron chi connectivity index (χ0n) is 9.93. The van der Waals surface area contributed by atoms with Gasteiger partial charge in [0, 0.05) is 17.1 Å². The highest BCUT2D eigenvalue weighted by molar-refractivity contribution is 6.29. The molecular formula is C13H17ClFNO. The van der Waals surface area contributed by atoms with Crippen LogP contribution in [0, 0.1) is 5.82 Å². The van der Waals surface area contributed by atoms with Crippen molar-refractivity contribution in [2.24, 2.45) is 0 Å². The van der Waals surface area contributed by atoms with Crippen molar-refractivity contribution in [3.63, 3.8) is 0 Å². The lowest BCUT2D eigenvalue weighted by Gasteiger charge is -2.11. The van der Waals surface area contributed by atoms with Gasteiger partial charge in [-0.2, -0.15) is 0 Å². The molecule has 0 heterocycles. The predicted molar refractivity (Wildman–Crippen MR) is 68.9 cm³/mol. The molecule has 1 rings (SSSR count). The average molecular weight is 258 g/mol. The molecule has 0 aliphatic carbocycles. The van der Waals surface area contributed by atoms with E-state index in [-0.39, 0.29) is 12.4 Å². The highest BCUT2D eigenvalue weighted by Gasteiger charge is 2.05. The SMILES string of the molecule is C=C(Cl)COc1ccc(F)cc1CNCCC. The molecule has 0 atom stereocenters. The van der Waals surface area contributed by atoms with Crippen LogP contribution in [0.5, 0.6) is 5.75 Å². The number of hydrogen-bond donors (Lipinski definition) is 1. The number of benzene rings is 1.